The van der Waals surface area contributed by atoms with Gasteiger partial charge in [-0.25, -0.2) is 8.78 Å². The molecule has 2 heteroatoms. The van der Waals surface area contributed by atoms with E-state index >= 15 is 0 Å². The smallest absolute Gasteiger partial charge is 0.123 e. The van der Waals surface area contributed by atoms with Crippen LogP contribution in [0.3, 0.4) is 0 Å². The summed E-state index contributed by atoms with van der Waals surface area (Å²) in [5.41, 5.74) is 6.79. The van der Waals surface area contributed by atoms with E-state index in [-0.39, 0.29) is 11.6 Å². The lowest BCUT2D eigenvalue weighted by Gasteiger charge is -2.22. The minimum atomic E-state index is -0.233. The Balaban J connectivity index is 1.56. The number of hydrogen-bond donors (Lipinski definition) is 0. The second-order valence-corrected chi connectivity index (χ2v) is 10.7. The lowest BCUT2D eigenvalue weighted by atomic mass is 9.81. The van der Waals surface area contributed by atoms with Gasteiger partial charge in [0.25, 0.3) is 0 Å². The van der Waals surface area contributed by atoms with Gasteiger partial charge in [0.05, 0.1) is 0 Å². The quantitative estimate of drug-likeness (QED) is 0.200. The number of rotatable bonds is 2. The largest absolute Gasteiger partial charge is 0.207 e. The zero-order valence-electron chi connectivity index (χ0n) is 21.7. The third kappa shape index (κ3) is 3.49. The first kappa shape index (κ1) is 23.1. The Morgan fingerprint density at radius 3 is 1.62 bits per heavy atom. The van der Waals surface area contributed by atoms with Gasteiger partial charge in [-0.05, 0) is 126 Å². The van der Waals surface area contributed by atoms with Crippen LogP contribution in [0.2, 0.25) is 0 Å². The highest BCUT2D eigenvalue weighted by Gasteiger charge is 2.20. The standard InChI is InChI=1S/C38H24F2/c39-27-15-9-23(10-16-27)25-13-19-31-29-5-1-3-7-33(29)37-36-22-26(24-11-17-28(40)18-12-24)14-20-32(36)30-6-2-4-8-34(30)38(37)35(31)21-25/h1,3-5,7-22H,2,6H2. The predicted octanol–water partition coefficient (Wildman–Crippen LogP) is 10.9. The third-order valence-electron chi connectivity index (χ3n) is 8.43. The molecule has 40 heavy (non-hydrogen) atoms. The fourth-order valence-electron chi connectivity index (χ4n) is 6.59. The van der Waals surface area contributed by atoms with Crippen molar-refractivity contribution in [3.8, 4) is 22.3 Å². The van der Waals surface area contributed by atoms with Crippen molar-refractivity contribution in [1.82, 2.24) is 0 Å². The van der Waals surface area contributed by atoms with Crippen LogP contribution in [0, 0.1) is 11.6 Å². The molecule has 1 aliphatic rings. The van der Waals surface area contributed by atoms with E-state index in [1.54, 1.807) is 0 Å². The van der Waals surface area contributed by atoms with E-state index in [2.05, 4.69) is 72.8 Å². The highest BCUT2D eigenvalue weighted by atomic mass is 19.1. The van der Waals surface area contributed by atoms with Crippen LogP contribution in [0.4, 0.5) is 8.78 Å². The Labute approximate surface area is 230 Å². The summed E-state index contributed by atoms with van der Waals surface area (Å²) in [5.74, 6) is -0.464. The molecule has 0 nitrogen and oxygen atoms in total. The zero-order chi connectivity index (χ0) is 26.8. The molecule has 0 aliphatic heterocycles. The lowest BCUT2D eigenvalue weighted by molar-refractivity contribution is 0.627. The summed E-state index contributed by atoms with van der Waals surface area (Å²) in [6.45, 7) is 0. The summed E-state index contributed by atoms with van der Waals surface area (Å²) in [4.78, 5) is 0. The van der Waals surface area contributed by atoms with Gasteiger partial charge in [-0.1, -0.05) is 84.9 Å². The van der Waals surface area contributed by atoms with Crippen LogP contribution in [0.5, 0.6) is 0 Å². The number of fused-ring (bicyclic) bond motifs is 11. The molecule has 0 bridgehead atoms. The highest BCUT2D eigenvalue weighted by Crippen LogP contribution is 2.46. The van der Waals surface area contributed by atoms with E-state index in [0.717, 1.165) is 35.1 Å². The van der Waals surface area contributed by atoms with E-state index in [0.29, 0.717) is 0 Å². The van der Waals surface area contributed by atoms with Gasteiger partial charge in [0.15, 0.2) is 0 Å². The van der Waals surface area contributed by atoms with Crippen molar-refractivity contribution in [2.75, 3.05) is 0 Å². The lowest BCUT2D eigenvalue weighted by Crippen LogP contribution is -1.99. The molecule has 7 aromatic rings. The minimum absolute atomic E-state index is 0.231. The molecular weight excluding hydrogens is 494 g/mol. The van der Waals surface area contributed by atoms with Gasteiger partial charge in [-0.3, -0.25) is 0 Å². The monoisotopic (exact) mass is 518 g/mol. The Morgan fingerprint density at radius 1 is 0.450 bits per heavy atom. The molecule has 0 saturated heterocycles. The molecule has 0 unspecified atom stereocenters. The molecule has 7 aromatic carbocycles. The average Bonchev–Trinajstić information content (AvgIpc) is 3.01. The maximum absolute atomic E-state index is 13.7. The van der Waals surface area contributed by atoms with Crippen molar-refractivity contribution in [3.63, 3.8) is 0 Å². The van der Waals surface area contributed by atoms with E-state index in [1.807, 2.05) is 24.3 Å². The topological polar surface area (TPSA) is 0 Å². The Bertz CT molecular complexity index is 2150. The third-order valence-corrected chi connectivity index (χ3v) is 8.43. The molecule has 0 fully saturated rings. The Morgan fingerprint density at radius 2 is 0.975 bits per heavy atom. The summed E-state index contributed by atoms with van der Waals surface area (Å²) in [6, 6.07) is 35.5. The first-order valence-electron chi connectivity index (χ1n) is 13.7. The average molecular weight is 519 g/mol. The van der Waals surface area contributed by atoms with Crippen molar-refractivity contribution >= 4 is 49.2 Å². The molecule has 0 spiro atoms. The number of benzene rings is 7. The van der Waals surface area contributed by atoms with Crippen LogP contribution in [0.15, 0.2) is 115 Å². The highest BCUT2D eigenvalue weighted by molar-refractivity contribution is 6.34. The van der Waals surface area contributed by atoms with Crippen LogP contribution >= 0.6 is 0 Å². The fraction of sp³-hybridized carbons (Fsp3) is 0.0526. The Hall–Kier alpha value is -4.82. The molecule has 190 valence electrons. The summed E-state index contributed by atoms with van der Waals surface area (Å²) in [7, 11) is 0. The van der Waals surface area contributed by atoms with Crippen molar-refractivity contribution in [2.24, 2.45) is 0 Å². The van der Waals surface area contributed by atoms with Gasteiger partial charge in [0.1, 0.15) is 11.6 Å². The van der Waals surface area contributed by atoms with Crippen molar-refractivity contribution in [2.45, 2.75) is 12.8 Å². The number of aryl methyl sites for hydroxylation is 1. The maximum atomic E-state index is 13.7. The summed E-state index contributed by atoms with van der Waals surface area (Å²) in [5, 5.41) is 9.84. The molecule has 0 radical (unpaired) electrons. The second kappa shape index (κ2) is 8.86. The SMILES string of the molecule is Fc1ccc(-c2ccc3c4ccccc4c4c5cc(-c6ccc(F)cc6)ccc5c5c(c4c3c2)C=CCC5)cc1. The first-order chi connectivity index (χ1) is 19.7. The Kier molecular flexibility index (Phi) is 5.12. The minimum Gasteiger partial charge on any atom is -0.207 e. The molecular formula is C38H24F2. The van der Waals surface area contributed by atoms with E-state index < -0.39 is 0 Å². The van der Waals surface area contributed by atoms with Gasteiger partial charge >= 0.3 is 0 Å². The zero-order valence-corrected chi connectivity index (χ0v) is 21.7. The molecule has 0 N–H and O–H groups in total. The molecule has 0 amide bonds. The molecule has 0 heterocycles. The van der Waals surface area contributed by atoms with Crippen LogP contribution in [-0.2, 0) is 6.42 Å². The van der Waals surface area contributed by atoms with Gasteiger partial charge in [-0.2, -0.15) is 0 Å². The number of hydrogen-bond acceptors (Lipinski definition) is 0. The van der Waals surface area contributed by atoms with Crippen molar-refractivity contribution in [1.29, 1.82) is 0 Å². The van der Waals surface area contributed by atoms with Crippen LogP contribution in [-0.4, -0.2) is 0 Å². The first-order valence-corrected chi connectivity index (χ1v) is 13.7. The summed E-state index contributed by atoms with van der Waals surface area (Å²) in [6.07, 6.45) is 6.58. The van der Waals surface area contributed by atoms with Crippen LogP contribution < -0.4 is 0 Å². The normalized spacial score (nSPS) is 12.9. The molecule has 0 saturated carbocycles. The molecule has 0 atom stereocenters. The van der Waals surface area contributed by atoms with E-state index in [4.69, 9.17) is 0 Å². The van der Waals surface area contributed by atoms with Gasteiger partial charge < -0.3 is 0 Å². The summed E-state index contributed by atoms with van der Waals surface area (Å²) >= 11 is 0. The maximum Gasteiger partial charge on any atom is 0.123 e. The van der Waals surface area contributed by atoms with Crippen LogP contribution in [0.1, 0.15) is 17.5 Å². The molecule has 0 aromatic heterocycles. The van der Waals surface area contributed by atoms with E-state index in [9.17, 15) is 8.78 Å². The van der Waals surface area contributed by atoms with Crippen molar-refractivity contribution < 1.29 is 8.78 Å². The summed E-state index contributed by atoms with van der Waals surface area (Å²) < 4.78 is 27.4. The number of allylic oxidation sites excluding steroid dienone is 1. The number of halogens is 2. The van der Waals surface area contributed by atoms with E-state index in [1.165, 1.54) is 78.5 Å². The van der Waals surface area contributed by atoms with Crippen molar-refractivity contribution in [3.05, 3.63) is 138 Å². The van der Waals surface area contributed by atoms with Gasteiger partial charge in [-0.15, -0.1) is 0 Å². The van der Waals surface area contributed by atoms with Crippen LogP contribution in [0.25, 0.3) is 71.4 Å². The molecule has 8 rings (SSSR count). The fourth-order valence-corrected chi connectivity index (χ4v) is 6.59. The second-order valence-electron chi connectivity index (χ2n) is 10.7. The predicted molar refractivity (Wildman–Crippen MR) is 165 cm³/mol. The molecule has 1 aliphatic carbocycles. The van der Waals surface area contributed by atoms with Gasteiger partial charge in [0, 0.05) is 0 Å². The van der Waals surface area contributed by atoms with Gasteiger partial charge in [0.2, 0.25) is 0 Å².